The van der Waals surface area contributed by atoms with Gasteiger partial charge in [-0.1, -0.05) is 0 Å². The minimum Gasteiger partial charge on any atom is -0.508 e. The number of aliphatic hydroxyl groups is 1. The number of pyridine rings is 1. The standard InChI is InChI=1S/C17H16N4O4/c1-2-25-17(24)15-16(20-19-12-3-5-13(23)6-4-12)21-8-7-11(10-22)9-14(21)18-15/h3-9,22-23H,2,10H2,1H3. The second kappa shape index (κ2) is 7.10. The summed E-state index contributed by atoms with van der Waals surface area (Å²) in [5, 5.41) is 26.8. The molecule has 2 heterocycles. The number of ether oxygens (including phenoxy) is 1. The number of aliphatic hydroxyl groups excluding tert-OH is 1. The quantitative estimate of drug-likeness (QED) is 0.548. The Morgan fingerprint density at radius 3 is 2.68 bits per heavy atom. The van der Waals surface area contributed by atoms with Gasteiger partial charge < -0.3 is 14.9 Å². The third-order valence-electron chi connectivity index (χ3n) is 3.43. The van der Waals surface area contributed by atoms with Crippen molar-refractivity contribution in [1.82, 2.24) is 9.38 Å². The first-order valence-corrected chi connectivity index (χ1v) is 7.62. The summed E-state index contributed by atoms with van der Waals surface area (Å²) in [7, 11) is 0. The van der Waals surface area contributed by atoms with Crippen LogP contribution in [0, 0.1) is 0 Å². The topological polar surface area (TPSA) is 109 Å². The van der Waals surface area contributed by atoms with Crippen LogP contribution in [-0.4, -0.2) is 32.2 Å². The molecule has 0 aliphatic rings. The van der Waals surface area contributed by atoms with E-state index in [0.29, 0.717) is 16.9 Å². The van der Waals surface area contributed by atoms with E-state index >= 15 is 0 Å². The summed E-state index contributed by atoms with van der Waals surface area (Å²) in [5.74, 6) is -0.250. The number of rotatable bonds is 5. The highest BCUT2D eigenvalue weighted by molar-refractivity contribution is 5.93. The van der Waals surface area contributed by atoms with Gasteiger partial charge in [0.2, 0.25) is 0 Å². The number of phenols is 1. The van der Waals surface area contributed by atoms with Crippen LogP contribution in [0.4, 0.5) is 11.5 Å². The molecule has 0 aliphatic heterocycles. The molecule has 3 rings (SSSR count). The number of esters is 1. The van der Waals surface area contributed by atoms with Gasteiger partial charge in [-0.25, -0.2) is 9.78 Å². The molecule has 0 unspecified atom stereocenters. The predicted molar refractivity (Wildman–Crippen MR) is 89.4 cm³/mol. The van der Waals surface area contributed by atoms with Gasteiger partial charge in [-0.05, 0) is 48.9 Å². The second-order valence-corrected chi connectivity index (χ2v) is 5.14. The van der Waals surface area contributed by atoms with E-state index in [1.807, 2.05) is 0 Å². The van der Waals surface area contributed by atoms with Crippen LogP contribution < -0.4 is 0 Å². The highest BCUT2D eigenvalue weighted by Gasteiger charge is 2.20. The first-order valence-electron chi connectivity index (χ1n) is 7.62. The van der Waals surface area contributed by atoms with E-state index < -0.39 is 5.97 Å². The lowest BCUT2D eigenvalue weighted by Crippen LogP contribution is -2.05. The average molecular weight is 340 g/mol. The summed E-state index contributed by atoms with van der Waals surface area (Å²) >= 11 is 0. The van der Waals surface area contributed by atoms with Gasteiger partial charge in [0.25, 0.3) is 0 Å². The normalized spacial score (nSPS) is 11.3. The lowest BCUT2D eigenvalue weighted by Gasteiger charge is -2.00. The van der Waals surface area contributed by atoms with Crippen LogP contribution in [0.3, 0.4) is 0 Å². The Hall–Kier alpha value is -3.26. The zero-order chi connectivity index (χ0) is 17.8. The summed E-state index contributed by atoms with van der Waals surface area (Å²) in [6.45, 7) is 1.78. The lowest BCUT2D eigenvalue weighted by molar-refractivity contribution is 0.0521. The molecule has 8 nitrogen and oxygen atoms in total. The van der Waals surface area contributed by atoms with Gasteiger partial charge in [0.1, 0.15) is 11.4 Å². The smallest absolute Gasteiger partial charge is 0.360 e. The third-order valence-corrected chi connectivity index (χ3v) is 3.43. The van der Waals surface area contributed by atoms with Crippen LogP contribution in [0.2, 0.25) is 0 Å². The van der Waals surface area contributed by atoms with Crippen LogP contribution in [-0.2, 0) is 11.3 Å². The van der Waals surface area contributed by atoms with Crippen molar-refractivity contribution in [1.29, 1.82) is 0 Å². The minimum absolute atomic E-state index is 0.0412. The van der Waals surface area contributed by atoms with Crippen molar-refractivity contribution in [2.75, 3.05) is 6.61 Å². The summed E-state index contributed by atoms with van der Waals surface area (Å²) in [5.41, 5.74) is 1.66. The van der Waals surface area contributed by atoms with Crippen LogP contribution in [0.25, 0.3) is 5.65 Å². The van der Waals surface area contributed by atoms with Crippen molar-refractivity contribution in [3.05, 3.63) is 53.9 Å². The number of hydrogen-bond donors (Lipinski definition) is 2. The Bertz CT molecular complexity index is 932. The molecule has 0 spiro atoms. The molecule has 0 atom stereocenters. The Kier molecular flexibility index (Phi) is 4.71. The third kappa shape index (κ3) is 3.48. The number of aromatic nitrogens is 2. The van der Waals surface area contributed by atoms with Crippen molar-refractivity contribution in [3.8, 4) is 5.75 Å². The molecule has 0 saturated heterocycles. The van der Waals surface area contributed by atoms with E-state index in [4.69, 9.17) is 4.74 Å². The number of carbonyl (C=O) groups excluding carboxylic acids is 1. The van der Waals surface area contributed by atoms with Crippen LogP contribution in [0.5, 0.6) is 5.75 Å². The van der Waals surface area contributed by atoms with Crippen LogP contribution >= 0.6 is 0 Å². The molecule has 1 aromatic carbocycles. The van der Waals surface area contributed by atoms with Crippen molar-refractivity contribution in [2.45, 2.75) is 13.5 Å². The van der Waals surface area contributed by atoms with E-state index in [2.05, 4.69) is 15.2 Å². The molecule has 3 aromatic rings. The number of fused-ring (bicyclic) bond motifs is 1. The molecular formula is C17H16N4O4. The molecular weight excluding hydrogens is 324 g/mol. The van der Waals surface area contributed by atoms with Gasteiger partial charge >= 0.3 is 5.97 Å². The fourth-order valence-corrected chi connectivity index (χ4v) is 2.23. The van der Waals surface area contributed by atoms with E-state index in [9.17, 15) is 15.0 Å². The Labute approximate surface area is 143 Å². The van der Waals surface area contributed by atoms with Crippen LogP contribution in [0.15, 0.2) is 52.8 Å². The fraction of sp³-hybridized carbons (Fsp3) is 0.176. The van der Waals surface area contributed by atoms with Crippen molar-refractivity contribution >= 4 is 23.1 Å². The molecule has 0 amide bonds. The summed E-state index contributed by atoms with van der Waals surface area (Å²) in [6, 6.07) is 9.52. The Balaban J connectivity index is 2.08. The average Bonchev–Trinajstić information content (AvgIpc) is 2.99. The van der Waals surface area contributed by atoms with Crippen molar-refractivity contribution in [2.24, 2.45) is 10.2 Å². The maximum atomic E-state index is 12.2. The van der Waals surface area contributed by atoms with Gasteiger partial charge in [0.05, 0.1) is 18.9 Å². The number of hydrogen-bond acceptors (Lipinski definition) is 7. The van der Waals surface area contributed by atoms with Crippen LogP contribution in [0.1, 0.15) is 23.0 Å². The van der Waals surface area contributed by atoms with E-state index in [1.54, 1.807) is 41.8 Å². The molecule has 0 aliphatic carbocycles. The highest BCUT2D eigenvalue weighted by Crippen LogP contribution is 2.26. The van der Waals surface area contributed by atoms with Gasteiger partial charge in [-0.15, -0.1) is 10.2 Å². The van der Waals surface area contributed by atoms with Crippen molar-refractivity contribution < 1.29 is 19.7 Å². The molecule has 25 heavy (non-hydrogen) atoms. The van der Waals surface area contributed by atoms with Gasteiger partial charge in [-0.3, -0.25) is 4.40 Å². The largest absolute Gasteiger partial charge is 0.508 e. The minimum atomic E-state index is -0.601. The fourth-order valence-electron chi connectivity index (χ4n) is 2.23. The number of imidazole rings is 1. The maximum absolute atomic E-state index is 12.2. The first-order chi connectivity index (χ1) is 12.1. The number of phenolic OH excluding ortho intramolecular Hbond substituents is 1. The van der Waals surface area contributed by atoms with Gasteiger partial charge in [0.15, 0.2) is 11.5 Å². The Morgan fingerprint density at radius 2 is 2.00 bits per heavy atom. The maximum Gasteiger partial charge on any atom is 0.360 e. The zero-order valence-corrected chi connectivity index (χ0v) is 13.5. The number of azo groups is 1. The molecule has 0 radical (unpaired) electrons. The first kappa shape index (κ1) is 16.6. The molecule has 0 fully saturated rings. The molecule has 8 heteroatoms. The monoisotopic (exact) mass is 340 g/mol. The summed E-state index contributed by atoms with van der Waals surface area (Å²) in [6.07, 6.45) is 1.65. The summed E-state index contributed by atoms with van der Waals surface area (Å²) in [4.78, 5) is 16.4. The SMILES string of the molecule is CCOC(=O)c1nc2cc(CO)ccn2c1N=Nc1ccc(O)cc1. The van der Waals surface area contributed by atoms with E-state index in [0.717, 1.165) is 0 Å². The number of nitrogens with zero attached hydrogens (tertiary/aromatic N) is 4. The Morgan fingerprint density at radius 1 is 1.24 bits per heavy atom. The van der Waals surface area contributed by atoms with Gasteiger partial charge in [0, 0.05) is 6.20 Å². The molecule has 2 aromatic heterocycles. The zero-order valence-electron chi connectivity index (χ0n) is 13.5. The summed E-state index contributed by atoms with van der Waals surface area (Å²) < 4.78 is 6.62. The number of benzene rings is 1. The van der Waals surface area contributed by atoms with Gasteiger partial charge in [-0.2, -0.15) is 0 Å². The highest BCUT2D eigenvalue weighted by atomic mass is 16.5. The van der Waals surface area contributed by atoms with E-state index in [-0.39, 0.29) is 30.5 Å². The molecule has 0 saturated carbocycles. The lowest BCUT2D eigenvalue weighted by atomic mass is 10.3. The molecule has 128 valence electrons. The number of aromatic hydroxyl groups is 1. The molecule has 0 bridgehead atoms. The van der Waals surface area contributed by atoms with Crippen molar-refractivity contribution in [3.63, 3.8) is 0 Å². The number of carbonyl (C=O) groups is 1. The second-order valence-electron chi connectivity index (χ2n) is 5.14. The molecule has 2 N–H and O–H groups in total. The predicted octanol–water partition coefficient (Wildman–Crippen LogP) is 3.12. The van der Waals surface area contributed by atoms with E-state index in [1.165, 1.54) is 12.1 Å².